The number of carbonyl (C=O) groups excluding carboxylic acids is 1. The van der Waals surface area contributed by atoms with Crippen molar-refractivity contribution in [3.8, 4) is 5.69 Å². The van der Waals surface area contributed by atoms with Gasteiger partial charge in [0.1, 0.15) is 0 Å². The van der Waals surface area contributed by atoms with Crippen molar-refractivity contribution >= 4 is 11.6 Å². The largest absolute Gasteiger partial charge is 0.376 e. The monoisotopic (exact) mass is 326 g/mol. The first-order valence-corrected chi connectivity index (χ1v) is 8.77. The Morgan fingerprint density at radius 1 is 1.00 bits per heavy atom. The summed E-state index contributed by atoms with van der Waals surface area (Å²) >= 11 is 0. The Kier molecular flexibility index (Phi) is 5.90. The van der Waals surface area contributed by atoms with Crippen LogP contribution in [-0.2, 0) is 4.79 Å². The number of hydrogen-bond donors (Lipinski definition) is 2. The number of benzene rings is 1. The molecule has 0 saturated carbocycles. The van der Waals surface area contributed by atoms with E-state index in [1.54, 1.807) is 0 Å². The highest BCUT2D eigenvalue weighted by Gasteiger charge is 2.09. The van der Waals surface area contributed by atoms with Crippen LogP contribution in [0.15, 0.2) is 48.8 Å². The van der Waals surface area contributed by atoms with Crippen LogP contribution in [0.2, 0.25) is 0 Å². The summed E-state index contributed by atoms with van der Waals surface area (Å²) in [5.41, 5.74) is 2.06. The van der Waals surface area contributed by atoms with Crippen molar-refractivity contribution < 1.29 is 4.79 Å². The minimum atomic E-state index is 0.0431. The smallest absolute Gasteiger partial charge is 0.239 e. The highest BCUT2D eigenvalue weighted by Crippen LogP contribution is 2.13. The maximum Gasteiger partial charge on any atom is 0.239 e. The standard InChI is InChI=1S/C19H26N4O/c24-19(20-10-15-22-11-2-1-3-12-22)16-21-17-6-8-18(9-7-17)23-13-4-5-14-23/h4-9,13-14,21H,1-3,10-12,15-16H2,(H,20,24). The highest BCUT2D eigenvalue weighted by molar-refractivity contribution is 5.80. The second-order valence-corrected chi connectivity index (χ2v) is 6.24. The number of hydrogen-bond acceptors (Lipinski definition) is 3. The molecule has 1 aliphatic heterocycles. The van der Waals surface area contributed by atoms with Crippen molar-refractivity contribution in [3.05, 3.63) is 48.8 Å². The molecule has 0 unspecified atom stereocenters. The predicted molar refractivity (Wildman–Crippen MR) is 97.6 cm³/mol. The quantitative estimate of drug-likeness (QED) is 0.822. The number of nitrogens with zero attached hydrogens (tertiary/aromatic N) is 2. The maximum absolute atomic E-state index is 11.9. The van der Waals surface area contributed by atoms with Gasteiger partial charge in [0.15, 0.2) is 0 Å². The molecule has 0 radical (unpaired) electrons. The lowest BCUT2D eigenvalue weighted by molar-refractivity contribution is -0.119. The van der Waals surface area contributed by atoms with Gasteiger partial charge in [0.2, 0.25) is 5.91 Å². The number of rotatable bonds is 7. The number of anilines is 1. The van der Waals surface area contributed by atoms with E-state index in [2.05, 4.69) is 20.1 Å². The van der Waals surface area contributed by atoms with E-state index in [1.807, 2.05) is 48.8 Å². The van der Waals surface area contributed by atoms with Crippen molar-refractivity contribution in [1.29, 1.82) is 0 Å². The maximum atomic E-state index is 11.9. The molecule has 128 valence electrons. The average molecular weight is 326 g/mol. The zero-order valence-electron chi connectivity index (χ0n) is 14.1. The SMILES string of the molecule is O=C(CNc1ccc(-n2cccc2)cc1)NCCN1CCCCC1. The van der Waals surface area contributed by atoms with Crippen molar-refractivity contribution in [2.75, 3.05) is 38.0 Å². The summed E-state index contributed by atoms with van der Waals surface area (Å²) in [6.07, 6.45) is 7.94. The molecule has 1 aliphatic rings. The van der Waals surface area contributed by atoms with Gasteiger partial charge in [0.05, 0.1) is 6.54 Å². The number of likely N-dealkylation sites (tertiary alicyclic amines) is 1. The third-order valence-corrected chi connectivity index (χ3v) is 4.42. The van der Waals surface area contributed by atoms with E-state index in [0.29, 0.717) is 6.54 Å². The van der Waals surface area contributed by atoms with E-state index >= 15 is 0 Å². The van der Waals surface area contributed by atoms with Crippen LogP contribution in [0.1, 0.15) is 19.3 Å². The summed E-state index contributed by atoms with van der Waals surface area (Å²) in [4.78, 5) is 14.3. The van der Waals surface area contributed by atoms with Gasteiger partial charge in [-0.15, -0.1) is 0 Å². The first kappa shape index (κ1) is 16.6. The second-order valence-electron chi connectivity index (χ2n) is 6.24. The molecule has 1 amide bonds. The van der Waals surface area contributed by atoms with E-state index < -0.39 is 0 Å². The molecule has 2 N–H and O–H groups in total. The molecule has 1 saturated heterocycles. The lowest BCUT2D eigenvalue weighted by atomic mass is 10.1. The van der Waals surface area contributed by atoms with Gasteiger partial charge >= 0.3 is 0 Å². The number of piperidine rings is 1. The summed E-state index contributed by atoms with van der Waals surface area (Å²) in [5.74, 6) is 0.0431. The Bertz CT molecular complexity index is 615. The van der Waals surface area contributed by atoms with Crippen molar-refractivity contribution in [2.45, 2.75) is 19.3 Å². The molecule has 1 aromatic heterocycles. The number of nitrogens with one attached hydrogen (secondary N) is 2. The van der Waals surface area contributed by atoms with Gasteiger partial charge in [-0.25, -0.2) is 0 Å². The molecule has 1 aromatic carbocycles. The van der Waals surface area contributed by atoms with E-state index in [1.165, 1.54) is 32.4 Å². The molecule has 0 bridgehead atoms. The second kappa shape index (κ2) is 8.55. The fourth-order valence-corrected chi connectivity index (χ4v) is 3.04. The average Bonchev–Trinajstić information content (AvgIpc) is 3.16. The molecule has 0 spiro atoms. The minimum Gasteiger partial charge on any atom is -0.376 e. The van der Waals surface area contributed by atoms with E-state index in [-0.39, 0.29) is 5.91 Å². The predicted octanol–water partition coefficient (Wildman–Crippen LogP) is 2.49. The van der Waals surface area contributed by atoms with Gasteiger partial charge in [-0.2, -0.15) is 0 Å². The molecule has 2 aromatic rings. The van der Waals surface area contributed by atoms with Crippen LogP contribution in [-0.4, -0.2) is 48.1 Å². The molecule has 0 atom stereocenters. The van der Waals surface area contributed by atoms with Crippen LogP contribution in [0.4, 0.5) is 5.69 Å². The lowest BCUT2D eigenvalue weighted by Crippen LogP contribution is -2.39. The van der Waals surface area contributed by atoms with E-state index in [4.69, 9.17) is 0 Å². The van der Waals surface area contributed by atoms with Crippen molar-refractivity contribution in [1.82, 2.24) is 14.8 Å². The van der Waals surface area contributed by atoms with Gasteiger partial charge in [0, 0.05) is 36.9 Å². The van der Waals surface area contributed by atoms with Crippen LogP contribution in [0.5, 0.6) is 0 Å². The fourth-order valence-electron chi connectivity index (χ4n) is 3.04. The van der Waals surface area contributed by atoms with Crippen molar-refractivity contribution in [3.63, 3.8) is 0 Å². The normalized spacial score (nSPS) is 15.2. The molecule has 0 aliphatic carbocycles. The molecule has 5 nitrogen and oxygen atoms in total. The van der Waals surface area contributed by atoms with Gasteiger partial charge in [-0.1, -0.05) is 6.42 Å². The molecular formula is C19H26N4O. The Morgan fingerprint density at radius 2 is 1.71 bits per heavy atom. The van der Waals surface area contributed by atoms with Gasteiger partial charge in [-0.3, -0.25) is 4.79 Å². The Hall–Kier alpha value is -2.27. The Balaban J connectivity index is 1.36. The fraction of sp³-hybridized carbons (Fsp3) is 0.421. The third-order valence-electron chi connectivity index (χ3n) is 4.42. The number of carbonyl (C=O) groups is 1. The number of aromatic nitrogens is 1. The zero-order chi connectivity index (χ0) is 16.6. The van der Waals surface area contributed by atoms with E-state index in [9.17, 15) is 4.79 Å². The summed E-state index contributed by atoms with van der Waals surface area (Å²) in [6.45, 7) is 4.33. The van der Waals surface area contributed by atoms with Crippen LogP contribution in [0, 0.1) is 0 Å². The minimum absolute atomic E-state index is 0.0431. The van der Waals surface area contributed by atoms with Gasteiger partial charge in [0.25, 0.3) is 0 Å². The lowest BCUT2D eigenvalue weighted by Gasteiger charge is -2.26. The van der Waals surface area contributed by atoms with Crippen LogP contribution >= 0.6 is 0 Å². The van der Waals surface area contributed by atoms with E-state index in [0.717, 1.165) is 24.5 Å². The van der Waals surface area contributed by atoms with Crippen molar-refractivity contribution in [2.24, 2.45) is 0 Å². The summed E-state index contributed by atoms with van der Waals surface area (Å²) in [5, 5.41) is 6.16. The Morgan fingerprint density at radius 3 is 2.42 bits per heavy atom. The number of amides is 1. The topological polar surface area (TPSA) is 49.3 Å². The van der Waals surface area contributed by atoms with Gasteiger partial charge in [-0.05, 0) is 62.3 Å². The third kappa shape index (κ3) is 4.86. The van der Waals surface area contributed by atoms with Crippen LogP contribution < -0.4 is 10.6 Å². The molecule has 1 fully saturated rings. The highest BCUT2D eigenvalue weighted by atomic mass is 16.1. The Labute approximate surface area is 143 Å². The molecule has 3 rings (SSSR count). The van der Waals surface area contributed by atoms with Crippen LogP contribution in [0.3, 0.4) is 0 Å². The molecular weight excluding hydrogens is 300 g/mol. The summed E-state index contributed by atoms with van der Waals surface area (Å²) < 4.78 is 2.05. The summed E-state index contributed by atoms with van der Waals surface area (Å²) in [6, 6.07) is 12.1. The van der Waals surface area contributed by atoms with Gasteiger partial charge < -0.3 is 20.1 Å². The molecule has 5 heteroatoms. The zero-order valence-corrected chi connectivity index (χ0v) is 14.1. The first-order chi connectivity index (χ1) is 11.8. The first-order valence-electron chi connectivity index (χ1n) is 8.77. The molecule has 24 heavy (non-hydrogen) atoms. The van der Waals surface area contributed by atoms with Crippen LogP contribution in [0.25, 0.3) is 5.69 Å². The summed E-state index contributed by atoms with van der Waals surface area (Å²) in [7, 11) is 0. The molecule has 2 heterocycles.